The molecule has 1 aliphatic heterocycles. The van der Waals surface area contributed by atoms with Crippen LogP contribution >= 0.6 is 34.8 Å². The Hall–Kier alpha value is 0.460. The molecule has 3 nitrogen and oxygen atoms in total. The van der Waals surface area contributed by atoms with Gasteiger partial charge < -0.3 is 9.90 Å². The van der Waals surface area contributed by atoms with Gasteiger partial charge in [-0.2, -0.15) is 0 Å². The number of aliphatic hydroxyl groups excluding tert-OH is 1. The molecule has 0 aromatic carbocycles. The third-order valence-corrected chi connectivity index (χ3v) is 2.46. The molecule has 1 N–H and O–H groups in total. The Bertz CT molecular complexity index is 182. The highest BCUT2D eigenvalue weighted by atomic mass is 35.6. The number of hydrogen-bond donors (Lipinski definition) is 1. The molecule has 0 amide bonds. The van der Waals surface area contributed by atoms with E-state index in [0.29, 0.717) is 12.7 Å². The van der Waals surface area contributed by atoms with Gasteiger partial charge >= 0.3 is 0 Å². The second-order valence-electron chi connectivity index (χ2n) is 2.71. The lowest BCUT2D eigenvalue weighted by Gasteiger charge is -2.27. The predicted molar refractivity (Wildman–Crippen MR) is 47.5 cm³/mol. The molecular weight excluding hydrogens is 224 g/mol. The zero-order valence-corrected chi connectivity index (χ0v) is 8.35. The molecule has 0 radical (unpaired) electrons. The van der Waals surface area contributed by atoms with Crippen LogP contribution in [0.25, 0.3) is 0 Å². The second-order valence-corrected chi connectivity index (χ2v) is 4.93. The number of hydrogen-bond acceptors (Lipinski definition) is 3. The highest BCUT2D eigenvalue weighted by molar-refractivity contribution is 6.67. The van der Waals surface area contributed by atoms with Gasteiger partial charge in [-0.15, -0.1) is 0 Å². The van der Waals surface area contributed by atoms with E-state index in [1.165, 1.54) is 4.90 Å². The van der Waals surface area contributed by atoms with Gasteiger partial charge in [0.15, 0.2) is 0 Å². The first-order valence-corrected chi connectivity index (χ1v) is 4.55. The third kappa shape index (κ3) is 2.24. The number of carbonyl (C=O) groups is 1. The average molecular weight is 232 g/mol. The zero-order chi connectivity index (χ0) is 9.35. The fourth-order valence-corrected chi connectivity index (χ4v) is 1.85. The zero-order valence-electron chi connectivity index (χ0n) is 6.08. The van der Waals surface area contributed by atoms with E-state index in [9.17, 15) is 9.90 Å². The summed E-state index contributed by atoms with van der Waals surface area (Å²) in [5.74, 6) is 0. The van der Waals surface area contributed by atoms with Crippen LogP contribution in [0.2, 0.25) is 0 Å². The van der Waals surface area contributed by atoms with Gasteiger partial charge in [-0.05, 0) is 6.42 Å². The van der Waals surface area contributed by atoms with Gasteiger partial charge in [0.25, 0.3) is 0 Å². The van der Waals surface area contributed by atoms with Crippen molar-refractivity contribution in [2.75, 3.05) is 6.54 Å². The van der Waals surface area contributed by atoms with Crippen LogP contribution in [0.4, 0.5) is 0 Å². The maximum atomic E-state index is 10.5. The molecular formula is C6H8Cl3NO2. The summed E-state index contributed by atoms with van der Waals surface area (Å²) in [6, 6.07) is -0.493. The molecule has 0 aromatic heterocycles. The van der Waals surface area contributed by atoms with Crippen LogP contribution < -0.4 is 0 Å². The number of alkyl halides is 3. The van der Waals surface area contributed by atoms with Crippen LogP contribution in [0.3, 0.4) is 0 Å². The van der Waals surface area contributed by atoms with Crippen molar-refractivity contribution in [3.8, 4) is 0 Å². The molecule has 0 bridgehead atoms. The van der Waals surface area contributed by atoms with Crippen LogP contribution in [0.15, 0.2) is 0 Å². The maximum Gasteiger partial charge on any atom is 0.248 e. The van der Waals surface area contributed by atoms with E-state index in [-0.39, 0.29) is 6.54 Å². The molecule has 70 valence electrons. The van der Waals surface area contributed by atoms with Gasteiger partial charge in [0, 0.05) is 6.54 Å². The lowest BCUT2D eigenvalue weighted by atomic mass is 10.2. The van der Waals surface area contributed by atoms with E-state index in [1.807, 2.05) is 0 Å². The van der Waals surface area contributed by atoms with Crippen LogP contribution in [0.5, 0.6) is 0 Å². The van der Waals surface area contributed by atoms with Gasteiger partial charge in [-0.3, -0.25) is 0 Å². The van der Waals surface area contributed by atoms with Crippen LogP contribution in [-0.2, 0) is 4.79 Å². The number of likely N-dealkylation sites (tertiary alicyclic amines) is 1. The highest BCUT2D eigenvalue weighted by Crippen LogP contribution is 2.36. The van der Waals surface area contributed by atoms with Crippen molar-refractivity contribution in [3.05, 3.63) is 0 Å². The Morgan fingerprint density at radius 2 is 2.08 bits per heavy atom. The average Bonchev–Trinajstić information content (AvgIpc) is 2.29. The smallest absolute Gasteiger partial charge is 0.248 e. The lowest BCUT2D eigenvalue weighted by Crippen LogP contribution is -2.40. The molecule has 1 heterocycles. The summed E-state index contributed by atoms with van der Waals surface area (Å²) in [6.45, 7) is 0.222. The SMILES string of the molecule is O=CC1CC(O)CN1C(Cl)(Cl)Cl. The summed E-state index contributed by atoms with van der Waals surface area (Å²) in [7, 11) is 0. The first-order valence-electron chi connectivity index (χ1n) is 3.42. The number of rotatable bonds is 1. The molecule has 2 unspecified atom stereocenters. The maximum absolute atomic E-state index is 10.5. The van der Waals surface area contributed by atoms with E-state index < -0.39 is 16.1 Å². The first-order chi connectivity index (χ1) is 5.45. The van der Waals surface area contributed by atoms with Gasteiger partial charge in [-0.25, -0.2) is 4.90 Å². The van der Waals surface area contributed by atoms with Crippen LogP contribution in [-0.4, -0.2) is 38.9 Å². The molecule has 0 saturated carbocycles. The van der Waals surface area contributed by atoms with Gasteiger partial charge in [0.2, 0.25) is 3.92 Å². The quantitative estimate of drug-likeness (QED) is 0.416. The minimum atomic E-state index is -1.61. The largest absolute Gasteiger partial charge is 0.392 e. The number of aliphatic hydroxyl groups is 1. The Labute approximate surface area is 85.2 Å². The lowest BCUT2D eigenvalue weighted by molar-refractivity contribution is -0.111. The van der Waals surface area contributed by atoms with E-state index in [1.54, 1.807) is 0 Å². The number of halogens is 3. The van der Waals surface area contributed by atoms with Gasteiger partial charge in [0.05, 0.1) is 12.1 Å². The van der Waals surface area contributed by atoms with Gasteiger partial charge in [0.1, 0.15) is 6.29 Å². The predicted octanol–water partition coefficient (Wildman–Crippen LogP) is 0.948. The molecule has 0 aromatic rings. The van der Waals surface area contributed by atoms with Gasteiger partial charge in [-0.1, -0.05) is 34.8 Å². The molecule has 0 spiro atoms. The molecule has 6 heteroatoms. The molecule has 1 rings (SSSR count). The second kappa shape index (κ2) is 3.68. The molecule has 1 aliphatic rings. The van der Waals surface area contributed by atoms with Crippen molar-refractivity contribution >= 4 is 41.1 Å². The Kier molecular flexibility index (Phi) is 3.23. The molecule has 1 fully saturated rings. The Balaban J connectivity index is 2.70. The minimum absolute atomic E-state index is 0.222. The van der Waals surface area contributed by atoms with Crippen LogP contribution in [0, 0.1) is 0 Å². The molecule has 2 atom stereocenters. The summed E-state index contributed by atoms with van der Waals surface area (Å²) in [5, 5.41) is 9.19. The third-order valence-electron chi connectivity index (χ3n) is 1.80. The van der Waals surface area contributed by atoms with Crippen molar-refractivity contribution in [3.63, 3.8) is 0 Å². The van der Waals surface area contributed by atoms with Crippen molar-refractivity contribution in [2.24, 2.45) is 0 Å². The number of β-amino-alcohol motifs (C(OH)–C–C–N with tert-alkyl or cyclic N) is 1. The molecule has 12 heavy (non-hydrogen) atoms. The van der Waals surface area contributed by atoms with Crippen molar-refractivity contribution in [1.29, 1.82) is 0 Å². The van der Waals surface area contributed by atoms with E-state index >= 15 is 0 Å². The summed E-state index contributed by atoms with van der Waals surface area (Å²) in [6.07, 6.45) is 0.422. The monoisotopic (exact) mass is 231 g/mol. The highest BCUT2D eigenvalue weighted by Gasteiger charge is 2.41. The van der Waals surface area contributed by atoms with E-state index in [2.05, 4.69) is 0 Å². The van der Waals surface area contributed by atoms with Crippen LogP contribution in [0.1, 0.15) is 6.42 Å². The number of nitrogens with zero attached hydrogens (tertiary/aromatic N) is 1. The minimum Gasteiger partial charge on any atom is -0.392 e. The fourth-order valence-electron chi connectivity index (χ4n) is 1.26. The summed E-state index contributed by atoms with van der Waals surface area (Å²) in [4.78, 5) is 11.8. The van der Waals surface area contributed by atoms with E-state index in [4.69, 9.17) is 34.8 Å². The summed E-state index contributed by atoms with van der Waals surface area (Å²) >= 11 is 16.7. The molecule has 0 aliphatic carbocycles. The summed E-state index contributed by atoms with van der Waals surface area (Å²) < 4.78 is -1.61. The number of aldehydes is 1. The van der Waals surface area contributed by atoms with Crippen molar-refractivity contribution in [2.45, 2.75) is 22.5 Å². The Morgan fingerprint density at radius 1 is 1.50 bits per heavy atom. The van der Waals surface area contributed by atoms with Crippen molar-refractivity contribution < 1.29 is 9.90 Å². The fraction of sp³-hybridized carbons (Fsp3) is 0.833. The van der Waals surface area contributed by atoms with Crippen molar-refractivity contribution in [1.82, 2.24) is 4.90 Å². The summed E-state index contributed by atoms with van der Waals surface area (Å²) in [5.41, 5.74) is 0. The number of carbonyl (C=O) groups excluding carboxylic acids is 1. The molecule has 1 saturated heterocycles. The van der Waals surface area contributed by atoms with E-state index in [0.717, 1.165) is 0 Å². The normalized spacial score (nSPS) is 32.3. The first kappa shape index (κ1) is 10.5. The Morgan fingerprint density at radius 3 is 2.42 bits per heavy atom. The topological polar surface area (TPSA) is 40.5 Å². The standard InChI is InChI=1S/C6H8Cl3NO2/c7-6(8,9)10-2-5(12)1-4(10)3-11/h3-5,12H,1-2H2.